The highest BCUT2D eigenvalue weighted by Gasteiger charge is 2.27. The van der Waals surface area contributed by atoms with Gasteiger partial charge in [-0.15, -0.1) is 0 Å². The minimum absolute atomic E-state index is 0.161. The molecular formula is C31H29FN4O6S. The number of halogens is 1. The van der Waals surface area contributed by atoms with E-state index in [2.05, 4.69) is 15.8 Å². The second kappa shape index (κ2) is 14.1. The monoisotopic (exact) mass is 604 g/mol. The number of hydrazone groups is 1. The number of hydrogen-bond acceptors (Lipinski definition) is 7. The Labute approximate surface area is 248 Å². The minimum Gasteiger partial charge on any atom is -0.497 e. The van der Waals surface area contributed by atoms with E-state index in [1.54, 1.807) is 79.9 Å². The van der Waals surface area contributed by atoms with Crippen LogP contribution in [0.25, 0.3) is 0 Å². The lowest BCUT2D eigenvalue weighted by molar-refractivity contribution is -0.119. The second-order valence-electron chi connectivity index (χ2n) is 9.23. The number of nitrogens with one attached hydrogen (secondary N) is 2. The molecule has 2 amide bonds. The maximum Gasteiger partial charge on any atom is 0.264 e. The molecule has 0 heterocycles. The maximum absolute atomic E-state index is 13.4. The van der Waals surface area contributed by atoms with E-state index in [1.165, 1.54) is 6.21 Å². The number of carbonyl (C=O) groups is 2. The van der Waals surface area contributed by atoms with Gasteiger partial charge in [0.25, 0.3) is 21.8 Å². The molecule has 222 valence electrons. The zero-order chi connectivity index (χ0) is 30.8. The van der Waals surface area contributed by atoms with Crippen LogP contribution in [0.1, 0.15) is 11.1 Å². The third-order valence-electron chi connectivity index (χ3n) is 6.04. The van der Waals surface area contributed by atoms with Crippen molar-refractivity contribution in [2.75, 3.05) is 29.9 Å². The van der Waals surface area contributed by atoms with Crippen LogP contribution in [-0.4, -0.2) is 46.7 Å². The first-order chi connectivity index (χ1) is 20.6. The van der Waals surface area contributed by atoms with Crippen molar-refractivity contribution in [2.24, 2.45) is 5.10 Å². The van der Waals surface area contributed by atoms with Gasteiger partial charge in [0.15, 0.2) is 6.61 Å². The van der Waals surface area contributed by atoms with E-state index < -0.39 is 28.3 Å². The summed E-state index contributed by atoms with van der Waals surface area (Å²) in [7, 11) is -2.63. The van der Waals surface area contributed by atoms with Crippen molar-refractivity contribution in [1.29, 1.82) is 0 Å². The molecule has 12 heteroatoms. The average molecular weight is 605 g/mol. The molecule has 0 unspecified atom stereocenters. The molecule has 43 heavy (non-hydrogen) atoms. The molecule has 0 spiro atoms. The van der Waals surface area contributed by atoms with Gasteiger partial charge in [-0.1, -0.05) is 17.7 Å². The van der Waals surface area contributed by atoms with Crippen LogP contribution in [0.4, 0.5) is 15.8 Å². The topological polar surface area (TPSA) is 126 Å². The van der Waals surface area contributed by atoms with Crippen LogP contribution in [-0.2, 0) is 19.6 Å². The fourth-order valence-electron chi connectivity index (χ4n) is 3.77. The van der Waals surface area contributed by atoms with E-state index in [0.717, 1.165) is 34.1 Å². The number of amides is 2. The standard InChI is InChI=1S/C31H29FN4O6S/c1-22-3-11-26(12-4-22)36(43(39,40)29-17-7-24(32)8-18-29)20-30(37)35-33-19-23-5-13-28(14-6-23)42-21-31(38)34-25-9-15-27(41-2)16-10-25/h3-19H,20-21H2,1-2H3,(H,34,38)(H,35,37)/b33-19-. The fourth-order valence-corrected chi connectivity index (χ4v) is 5.20. The van der Waals surface area contributed by atoms with Crippen molar-refractivity contribution in [3.63, 3.8) is 0 Å². The molecule has 0 saturated carbocycles. The lowest BCUT2D eigenvalue weighted by Gasteiger charge is -2.23. The van der Waals surface area contributed by atoms with Crippen LogP contribution in [0, 0.1) is 12.7 Å². The number of anilines is 2. The summed E-state index contributed by atoms with van der Waals surface area (Å²) in [6.45, 7) is 1.09. The van der Waals surface area contributed by atoms with E-state index in [-0.39, 0.29) is 23.1 Å². The van der Waals surface area contributed by atoms with Crippen molar-refractivity contribution in [3.8, 4) is 11.5 Å². The maximum atomic E-state index is 13.4. The van der Waals surface area contributed by atoms with Crippen molar-refractivity contribution >= 4 is 39.4 Å². The van der Waals surface area contributed by atoms with Crippen molar-refractivity contribution in [1.82, 2.24) is 5.43 Å². The lowest BCUT2D eigenvalue weighted by Crippen LogP contribution is -2.39. The zero-order valence-electron chi connectivity index (χ0n) is 23.4. The van der Waals surface area contributed by atoms with Gasteiger partial charge in [-0.3, -0.25) is 13.9 Å². The van der Waals surface area contributed by atoms with Gasteiger partial charge < -0.3 is 14.8 Å². The van der Waals surface area contributed by atoms with Gasteiger partial charge >= 0.3 is 0 Å². The van der Waals surface area contributed by atoms with Crippen LogP contribution in [0.5, 0.6) is 11.5 Å². The Morgan fingerprint density at radius 2 is 1.49 bits per heavy atom. The van der Waals surface area contributed by atoms with Crippen LogP contribution in [0.15, 0.2) is 107 Å². The highest BCUT2D eigenvalue weighted by Crippen LogP contribution is 2.24. The Morgan fingerprint density at radius 3 is 2.12 bits per heavy atom. The van der Waals surface area contributed by atoms with E-state index >= 15 is 0 Å². The molecule has 0 aliphatic rings. The SMILES string of the molecule is COc1ccc(NC(=O)COc2ccc(/C=N\NC(=O)CN(c3ccc(C)cc3)S(=O)(=O)c3ccc(F)cc3)cc2)cc1. The Kier molecular flexibility index (Phi) is 10.1. The number of methoxy groups -OCH3 is 1. The third kappa shape index (κ3) is 8.63. The quantitative estimate of drug-likeness (QED) is 0.181. The molecule has 0 radical (unpaired) electrons. The highest BCUT2D eigenvalue weighted by molar-refractivity contribution is 7.92. The molecule has 4 rings (SSSR count). The van der Waals surface area contributed by atoms with Gasteiger partial charge in [0.2, 0.25) is 0 Å². The first-order valence-electron chi connectivity index (χ1n) is 13.0. The first-order valence-corrected chi connectivity index (χ1v) is 14.4. The number of ether oxygens (including phenoxy) is 2. The Morgan fingerprint density at radius 1 is 0.860 bits per heavy atom. The Hall–Kier alpha value is -5.23. The number of rotatable bonds is 12. The van der Waals surface area contributed by atoms with Gasteiger partial charge in [0.1, 0.15) is 23.9 Å². The Bertz CT molecular complexity index is 1680. The second-order valence-corrected chi connectivity index (χ2v) is 11.1. The molecule has 0 bridgehead atoms. The van der Waals surface area contributed by atoms with Gasteiger partial charge in [-0.2, -0.15) is 5.10 Å². The summed E-state index contributed by atoms with van der Waals surface area (Å²) < 4.78 is 51.6. The summed E-state index contributed by atoms with van der Waals surface area (Å²) in [4.78, 5) is 24.7. The molecule has 0 fully saturated rings. The highest BCUT2D eigenvalue weighted by atomic mass is 32.2. The molecule has 2 N–H and O–H groups in total. The van der Waals surface area contributed by atoms with Crippen LogP contribution in [0.2, 0.25) is 0 Å². The van der Waals surface area contributed by atoms with E-state index in [9.17, 15) is 22.4 Å². The van der Waals surface area contributed by atoms with Crippen molar-refractivity contribution in [2.45, 2.75) is 11.8 Å². The molecule has 0 aliphatic heterocycles. The molecule has 0 saturated heterocycles. The molecule has 0 atom stereocenters. The molecule has 0 aliphatic carbocycles. The summed E-state index contributed by atoms with van der Waals surface area (Å²) in [5, 5.41) is 6.65. The number of carbonyl (C=O) groups excluding carboxylic acids is 2. The normalized spacial score (nSPS) is 11.1. The van der Waals surface area contributed by atoms with Crippen molar-refractivity contribution in [3.05, 3.63) is 114 Å². The molecule has 4 aromatic carbocycles. The average Bonchev–Trinajstić information content (AvgIpc) is 3.00. The largest absolute Gasteiger partial charge is 0.497 e. The number of nitrogens with zero attached hydrogens (tertiary/aromatic N) is 2. The smallest absolute Gasteiger partial charge is 0.264 e. The van der Waals surface area contributed by atoms with Crippen LogP contribution >= 0.6 is 0 Å². The minimum atomic E-state index is -4.19. The summed E-state index contributed by atoms with van der Waals surface area (Å²) in [6, 6.07) is 24.5. The van der Waals surface area contributed by atoms with Crippen molar-refractivity contribution < 1.29 is 31.9 Å². The summed E-state index contributed by atoms with van der Waals surface area (Å²) >= 11 is 0. The van der Waals surface area contributed by atoms with Crippen LogP contribution in [0.3, 0.4) is 0 Å². The van der Waals surface area contributed by atoms with E-state index in [1.807, 2.05) is 6.92 Å². The summed E-state index contributed by atoms with van der Waals surface area (Å²) in [5.74, 6) is -0.477. The van der Waals surface area contributed by atoms with Gasteiger partial charge in [-0.25, -0.2) is 18.2 Å². The van der Waals surface area contributed by atoms with Gasteiger partial charge in [0, 0.05) is 5.69 Å². The molecular weight excluding hydrogens is 575 g/mol. The zero-order valence-corrected chi connectivity index (χ0v) is 24.2. The molecule has 0 aromatic heterocycles. The van der Waals surface area contributed by atoms with Gasteiger partial charge in [0.05, 0.1) is 23.9 Å². The third-order valence-corrected chi connectivity index (χ3v) is 7.83. The number of hydrogen-bond donors (Lipinski definition) is 2. The Balaban J connectivity index is 1.33. The van der Waals surface area contributed by atoms with Gasteiger partial charge in [-0.05, 0) is 97.4 Å². The number of aryl methyl sites for hydroxylation is 1. The number of sulfonamides is 1. The summed E-state index contributed by atoms with van der Waals surface area (Å²) in [6.07, 6.45) is 1.38. The molecule has 4 aromatic rings. The lowest BCUT2D eigenvalue weighted by atomic mass is 10.2. The number of benzene rings is 4. The van der Waals surface area contributed by atoms with E-state index in [0.29, 0.717) is 22.7 Å². The van der Waals surface area contributed by atoms with Crippen LogP contribution < -0.4 is 24.5 Å². The van der Waals surface area contributed by atoms with E-state index in [4.69, 9.17) is 9.47 Å². The fraction of sp³-hybridized carbons (Fsp3) is 0.129. The molecule has 10 nitrogen and oxygen atoms in total. The first kappa shape index (κ1) is 30.7. The predicted molar refractivity (Wildman–Crippen MR) is 161 cm³/mol. The summed E-state index contributed by atoms with van der Waals surface area (Å²) in [5.41, 5.74) is 4.73. The predicted octanol–water partition coefficient (Wildman–Crippen LogP) is 4.51.